The third kappa shape index (κ3) is 5.39. The summed E-state index contributed by atoms with van der Waals surface area (Å²) >= 11 is 0. The van der Waals surface area contributed by atoms with Gasteiger partial charge in [0.05, 0.1) is 5.70 Å². The first-order valence-electron chi connectivity index (χ1n) is 15.3. The molecule has 3 saturated heterocycles. The highest BCUT2D eigenvalue weighted by Crippen LogP contribution is 2.39. The van der Waals surface area contributed by atoms with Gasteiger partial charge in [0.2, 0.25) is 0 Å². The van der Waals surface area contributed by atoms with E-state index in [9.17, 15) is 0 Å². The molecule has 0 aliphatic carbocycles. The number of piperidine rings is 2. The van der Waals surface area contributed by atoms with Gasteiger partial charge >= 0.3 is 0 Å². The quantitative estimate of drug-likeness (QED) is 0.492. The molecule has 206 valence electrons. The Balaban J connectivity index is 1.17. The summed E-state index contributed by atoms with van der Waals surface area (Å²) in [4.78, 5) is 17.8. The average molecular weight is 525 g/mol. The Kier molecular flexibility index (Phi) is 7.79. The minimum Gasteiger partial charge on any atom is -0.371 e. The van der Waals surface area contributed by atoms with Gasteiger partial charge in [-0.05, 0) is 76.0 Å². The monoisotopic (exact) mass is 524 g/mol. The predicted octanol–water partition coefficient (Wildman–Crippen LogP) is 5.66. The zero-order chi connectivity index (χ0) is 26.8. The molecule has 6 nitrogen and oxygen atoms in total. The molecule has 2 aromatic heterocycles. The van der Waals surface area contributed by atoms with Gasteiger partial charge in [0.25, 0.3) is 0 Å². The van der Waals surface area contributed by atoms with Crippen molar-refractivity contribution in [3.63, 3.8) is 0 Å². The van der Waals surface area contributed by atoms with E-state index in [2.05, 4.69) is 57.5 Å². The second-order valence-electron chi connectivity index (χ2n) is 11.8. The van der Waals surface area contributed by atoms with E-state index in [-0.39, 0.29) is 0 Å². The standard InChI is InChI=1S/C33H44N6/c1-4-9-24(3)37-19-14-26(15-20-37)39-22-25(23-39)30-21-31-27(29(35-30)10-5-2)11-12-28-32(13-16-34-33(28)36-31)38-17-7-6-8-18-38/h13,16,21,25-26H,3,5-8,10-12,14-15,17-20,22-23H2,1-2H3,(H,34,36). The number of aromatic nitrogens is 2. The van der Waals surface area contributed by atoms with Crippen molar-refractivity contribution in [2.75, 3.05) is 49.5 Å². The Hall–Kier alpha value is -3.04. The number of nitrogens with one attached hydrogen (secondary N) is 1. The number of nitrogens with zero attached hydrogens (tertiary/aromatic N) is 5. The zero-order valence-corrected chi connectivity index (χ0v) is 23.9. The van der Waals surface area contributed by atoms with Gasteiger partial charge in [0, 0.05) is 85.8 Å². The molecule has 0 saturated carbocycles. The molecular weight excluding hydrogens is 480 g/mol. The number of aryl methyl sites for hydroxylation is 1. The van der Waals surface area contributed by atoms with Crippen LogP contribution in [0.5, 0.6) is 0 Å². The summed E-state index contributed by atoms with van der Waals surface area (Å²) in [5.74, 6) is 7.69. The van der Waals surface area contributed by atoms with Gasteiger partial charge in [0.1, 0.15) is 5.82 Å². The number of allylic oxidation sites excluding steroid dienone is 1. The van der Waals surface area contributed by atoms with Gasteiger partial charge in [0.15, 0.2) is 0 Å². The van der Waals surface area contributed by atoms with Crippen LogP contribution in [0, 0.1) is 11.8 Å². The third-order valence-corrected chi connectivity index (χ3v) is 9.28. The molecule has 6 heteroatoms. The summed E-state index contributed by atoms with van der Waals surface area (Å²) in [5.41, 5.74) is 8.95. The topological polar surface area (TPSA) is 47.5 Å². The Morgan fingerprint density at radius 3 is 2.59 bits per heavy atom. The summed E-state index contributed by atoms with van der Waals surface area (Å²) in [6.45, 7) is 15.0. The normalized spacial score (nSPS) is 20.2. The van der Waals surface area contributed by atoms with Gasteiger partial charge in [-0.1, -0.05) is 31.8 Å². The van der Waals surface area contributed by atoms with E-state index in [1.165, 1.54) is 66.0 Å². The van der Waals surface area contributed by atoms with Crippen molar-refractivity contribution in [2.24, 2.45) is 0 Å². The Morgan fingerprint density at radius 2 is 1.85 bits per heavy atom. The molecule has 39 heavy (non-hydrogen) atoms. The highest BCUT2D eigenvalue weighted by atomic mass is 15.2. The van der Waals surface area contributed by atoms with Crippen molar-refractivity contribution in [3.05, 3.63) is 53.1 Å². The van der Waals surface area contributed by atoms with E-state index >= 15 is 0 Å². The van der Waals surface area contributed by atoms with Crippen LogP contribution in [0.25, 0.3) is 0 Å². The maximum Gasteiger partial charge on any atom is 0.135 e. The van der Waals surface area contributed by atoms with Gasteiger partial charge in [-0.15, -0.1) is 0 Å². The van der Waals surface area contributed by atoms with Crippen molar-refractivity contribution in [2.45, 2.75) is 83.6 Å². The second-order valence-corrected chi connectivity index (χ2v) is 11.8. The van der Waals surface area contributed by atoms with E-state index in [0.29, 0.717) is 12.0 Å². The van der Waals surface area contributed by atoms with Gasteiger partial charge in [-0.25, -0.2) is 4.98 Å². The molecule has 4 aliphatic heterocycles. The second kappa shape index (κ2) is 11.6. The first-order valence-corrected chi connectivity index (χ1v) is 15.3. The lowest BCUT2D eigenvalue weighted by Gasteiger charge is -2.47. The molecule has 0 radical (unpaired) electrons. The molecule has 0 aromatic carbocycles. The summed E-state index contributed by atoms with van der Waals surface area (Å²) in [6, 6.07) is 5.26. The van der Waals surface area contributed by atoms with Crippen molar-refractivity contribution >= 4 is 17.2 Å². The summed E-state index contributed by atoms with van der Waals surface area (Å²) in [5, 5.41) is 3.81. The number of pyridine rings is 2. The molecule has 1 N–H and O–H groups in total. The van der Waals surface area contributed by atoms with Crippen molar-refractivity contribution < 1.29 is 0 Å². The van der Waals surface area contributed by atoms with Crippen LogP contribution in [-0.4, -0.2) is 65.1 Å². The molecule has 0 spiro atoms. The maximum atomic E-state index is 5.32. The fraction of sp³-hybridized carbons (Fsp3) is 0.576. The Bertz CT molecular complexity index is 1250. The van der Waals surface area contributed by atoms with E-state index in [1.807, 2.05) is 13.1 Å². The Morgan fingerprint density at radius 1 is 1.08 bits per heavy atom. The van der Waals surface area contributed by atoms with Crippen LogP contribution >= 0.6 is 0 Å². The predicted molar refractivity (Wildman–Crippen MR) is 161 cm³/mol. The first kappa shape index (κ1) is 26.2. The van der Waals surface area contributed by atoms with E-state index in [1.54, 1.807) is 0 Å². The fourth-order valence-electron chi connectivity index (χ4n) is 7.06. The molecule has 6 heterocycles. The fourth-order valence-corrected chi connectivity index (χ4v) is 7.06. The number of hydrogen-bond acceptors (Lipinski definition) is 6. The van der Waals surface area contributed by atoms with Crippen molar-refractivity contribution in [3.8, 4) is 11.8 Å². The van der Waals surface area contributed by atoms with Crippen LogP contribution in [0.1, 0.15) is 80.8 Å². The molecule has 0 unspecified atom stereocenters. The summed E-state index contributed by atoms with van der Waals surface area (Å²) in [6.07, 6.45) is 12.5. The van der Waals surface area contributed by atoms with Crippen LogP contribution < -0.4 is 10.2 Å². The van der Waals surface area contributed by atoms with E-state index < -0.39 is 0 Å². The number of fused-ring (bicyclic) bond motifs is 2. The third-order valence-electron chi connectivity index (χ3n) is 9.28. The SMILES string of the molecule is C=C(C#CC)N1CCC(N2CC(c3cc4c(c(CCC)n3)CCc3c(N5CCCCC5)ccnc3N4)C2)CC1. The maximum absolute atomic E-state index is 5.32. The van der Waals surface area contributed by atoms with Crippen LogP contribution in [0.4, 0.5) is 17.2 Å². The molecule has 4 aliphatic rings. The first-order chi connectivity index (χ1) is 19.1. The minimum absolute atomic E-state index is 0.516. The van der Waals surface area contributed by atoms with Crippen LogP contribution in [0.15, 0.2) is 30.6 Å². The Labute approximate surface area is 234 Å². The molecule has 3 fully saturated rings. The van der Waals surface area contributed by atoms with Crippen LogP contribution in [0.3, 0.4) is 0 Å². The number of rotatable bonds is 6. The van der Waals surface area contributed by atoms with Crippen molar-refractivity contribution in [1.29, 1.82) is 0 Å². The molecule has 0 amide bonds. The molecule has 0 atom stereocenters. The summed E-state index contributed by atoms with van der Waals surface area (Å²) in [7, 11) is 0. The number of hydrogen-bond donors (Lipinski definition) is 1. The number of likely N-dealkylation sites (tertiary alicyclic amines) is 2. The van der Waals surface area contributed by atoms with Gasteiger partial charge in [-0.3, -0.25) is 9.88 Å². The van der Waals surface area contributed by atoms with Gasteiger partial charge in [-0.2, -0.15) is 0 Å². The van der Waals surface area contributed by atoms with Gasteiger partial charge < -0.3 is 15.1 Å². The lowest BCUT2D eigenvalue weighted by molar-refractivity contribution is 0.0536. The summed E-state index contributed by atoms with van der Waals surface area (Å²) < 4.78 is 0. The number of anilines is 3. The van der Waals surface area contributed by atoms with Crippen LogP contribution in [0.2, 0.25) is 0 Å². The average Bonchev–Trinajstić information content (AvgIpc) is 3.13. The minimum atomic E-state index is 0.516. The zero-order valence-electron chi connectivity index (χ0n) is 23.9. The van der Waals surface area contributed by atoms with Crippen molar-refractivity contribution in [1.82, 2.24) is 19.8 Å². The highest BCUT2D eigenvalue weighted by molar-refractivity contribution is 5.72. The smallest absolute Gasteiger partial charge is 0.135 e. The van der Waals surface area contributed by atoms with E-state index in [4.69, 9.17) is 9.97 Å². The molecule has 6 rings (SSSR count). The lowest BCUT2D eigenvalue weighted by Crippen LogP contribution is -2.54. The largest absolute Gasteiger partial charge is 0.371 e. The molecule has 2 aromatic rings. The lowest BCUT2D eigenvalue weighted by atomic mass is 9.89. The van der Waals surface area contributed by atoms with E-state index in [0.717, 1.165) is 76.5 Å². The molecule has 0 bridgehead atoms. The highest BCUT2D eigenvalue weighted by Gasteiger charge is 2.36. The van der Waals surface area contributed by atoms with Crippen LogP contribution in [-0.2, 0) is 19.3 Å². The molecular formula is C33H44N6.